The van der Waals surface area contributed by atoms with Gasteiger partial charge in [-0.1, -0.05) is 0 Å². The largest absolute Gasteiger partial charge is 0.355 e. The number of fused-ring (bicyclic) bond motifs is 1. The predicted molar refractivity (Wildman–Crippen MR) is 93.4 cm³/mol. The number of amides is 1. The number of rotatable bonds is 3. The van der Waals surface area contributed by atoms with Crippen LogP contribution < -0.4 is 10.2 Å². The molecule has 3 heterocycles. The average Bonchev–Trinajstić information content (AvgIpc) is 2.69. The zero-order chi connectivity index (χ0) is 17.1. The van der Waals surface area contributed by atoms with Crippen molar-refractivity contribution in [3.8, 4) is 0 Å². The second kappa shape index (κ2) is 7.13. The van der Waals surface area contributed by atoms with Crippen LogP contribution in [0, 0.1) is 0 Å². The van der Waals surface area contributed by atoms with Crippen LogP contribution in [0.2, 0.25) is 0 Å². The lowest BCUT2D eigenvalue weighted by Crippen LogP contribution is -2.45. The number of aryl methyl sites for hydroxylation is 2. The second-order valence-electron chi connectivity index (χ2n) is 6.71. The van der Waals surface area contributed by atoms with Gasteiger partial charge in [-0.25, -0.2) is 4.98 Å². The predicted octanol–water partition coefficient (Wildman–Crippen LogP) is 1.54. The summed E-state index contributed by atoms with van der Waals surface area (Å²) >= 11 is 0. The van der Waals surface area contributed by atoms with Crippen LogP contribution in [0.25, 0.3) is 0 Å². The van der Waals surface area contributed by atoms with Crippen molar-refractivity contribution in [3.05, 3.63) is 41.6 Å². The van der Waals surface area contributed by atoms with Crippen molar-refractivity contribution in [1.82, 2.24) is 25.5 Å². The average molecular weight is 338 g/mol. The fourth-order valence-electron chi connectivity index (χ4n) is 3.56. The van der Waals surface area contributed by atoms with E-state index in [0.717, 1.165) is 44.6 Å². The molecule has 2 aliphatic rings. The van der Waals surface area contributed by atoms with Crippen LogP contribution in [0.15, 0.2) is 24.7 Å². The van der Waals surface area contributed by atoms with E-state index in [4.69, 9.17) is 0 Å². The molecule has 7 heteroatoms. The van der Waals surface area contributed by atoms with Gasteiger partial charge in [-0.15, -0.1) is 5.10 Å². The number of hydrogen-bond acceptors (Lipinski definition) is 6. The number of piperidine rings is 1. The normalized spacial score (nSPS) is 17.8. The summed E-state index contributed by atoms with van der Waals surface area (Å²) in [6.07, 6.45) is 11.0. The van der Waals surface area contributed by atoms with Crippen molar-refractivity contribution >= 4 is 11.7 Å². The van der Waals surface area contributed by atoms with Crippen LogP contribution in [0.3, 0.4) is 0 Å². The van der Waals surface area contributed by atoms with Gasteiger partial charge in [-0.05, 0) is 50.2 Å². The van der Waals surface area contributed by atoms with Crippen LogP contribution in [0.5, 0.6) is 0 Å². The summed E-state index contributed by atoms with van der Waals surface area (Å²) in [5, 5.41) is 11.9. The molecular formula is C18H22N6O. The van der Waals surface area contributed by atoms with Crippen molar-refractivity contribution < 1.29 is 4.79 Å². The van der Waals surface area contributed by atoms with Crippen molar-refractivity contribution in [2.75, 3.05) is 18.0 Å². The van der Waals surface area contributed by atoms with Crippen LogP contribution in [0.4, 0.5) is 5.82 Å². The summed E-state index contributed by atoms with van der Waals surface area (Å²) in [5.74, 6) is 0.819. The van der Waals surface area contributed by atoms with Gasteiger partial charge < -0.3 is 10.2 Å². The SMILES string of the molecule is O=C(NC1CCN(c2cc3c(nn2)CCCC3)CC1)c1cnccn1. The Balaban J connectivity index is 1.35. The fourth-order valence-corrected chi connectivity index (χ4v) is 3.56. The highest BCUT2D eigenvalue weighted by atomic mass is 16.1. The molecule has 1 aliphatic heterocycles. The fraction of sp³-hybridized carbons (Fsp3) is 0.500. The summed E-state index contributed by atoms with van der Waals surface area (Å²) in [4.78, 5) is 22.4. The van der Waals surface area contributed by atoms with Gasteiger partial charge in [0.2, 0.25) is 0 Å². The Morgan fingerprint density at radius 2 is 1.96 bits per heavy atom. The summed E-state index contributed by atoms with van der Waals surface area (Å²) in [6.45, 7) is 1.75. The minimum atomic E-state index is -0.153. The molecule has 4 rings (SSSR count). The molecule has 0 bridgehead atoms. The van der Waals surface area contributed by atoms with Gasteiger partial charge in [0.05, 0.1) is 11.9 Å². The number of hydrogen-bond donors (Lipinski definition) is 1. The van der Waals surface area contributed by atoms with Crippen LogP contribution >= 0.6 is 0 Å². The Morgan fingerprint density at radius 1 is 1.12 bits per heavy atom. The lowest BCUT2D eigenvalue weighted by molar-refractivity contribution is 0.0925. The Kier molecular flexibility index (Phi) is 4.54. The number of anilines is 1. The van der Waals surface area contributed by atoms with Crippen molar-refractivity contribution in [1.29, 1.82) is 0 Å². The molecule has 0 saturated carbocycles. The van der Waals surface area contributed by atoms with Crippen molar-refractivity contribution in [2.24, 2.45) is 0 Å². The first-order chi connectivity index (χ1) is 12.3. The third kappa shape index (κ3) is 3.60. The van der Waals surface area contributed by atoms with Crippen LogP contribution in [-0.2, 0) is 12.8 Å². The summed E-state index contributed by atoms with van der Waals surface area (Å²) in [6, 6.07) is 2.37. The van der Waals surface area contributed by atoms with Gasteiger partial charge in [0, 0.05) is 31.5 Å². The molecule has 0 aromatic carbocycles. The maximum Gasteiger partial charge on any atom is 0.271 e. The third-order valence-corrected chi connectivity index (χ3v) is 5.01. The Bertz CT molecular complexity index is 742. The molecule has 7 nitrogen and oxygen atoms in total. The maximum absolute atomic E-state index is 12.2. The summed E-state index contributed by atoms with van der Waals surface area (Å²) < 4.78 is 0. The topological polar surface area (TPSA) is 83.9 Å². The summed E-state index contributed by atoms with van der Waals surface area (Å²) in [7, 11) is 0. The van der Waals surface area contributed by atoms with E-state index in [9.17, 15) is 4.79 Å². The number of carbonyl (C=O) groups is 1. The molecule has 25 heavy (non-hydrogen) atoms. The monoisotopic (exact) mass is 338 g/mol. The van der Waals surface area contributed by atoms with E-state index in [0.29, 0.717) is 5.69 Å². The van der Waals surface area contributed by atoms with E-state index >= 15 is 0 Å². The highest BCUT2D eigenvalue weighted by Crippen LogP contribution is 2.24. The first kappa shape index (κ1) is 15.9. The molecule has 1 amide bonds. The van der Waals surface area contributed by atoms with Crippen molar-refractivity contribution in [2.45, 2.75) is 44.6 Å². The highest BCUT2D eigenvalue weighted by Gasteiger charge is 2.23. The van der Waals surface area contributed by atoms with Gasteiger partial charge in [0.1, 0.15) is 5.69 Å². The third-order valence-electron chi connectivity index (χ3n) is 5.01. The molecule has 1 N–H and O–H groups in total. The number of aromatic nitrogens is 4. The van der Waals surface area contributed by atoms with E-state index < -0.39 is 0 Å². The van der Waals surface area contributed by atoms with Crippen LogP contribution in [0.1, 0.15) is 47.4 Å². The zero-order valence-electron chi connectivity index (χ0n) is 14.2. The Morgan fingerprint density at radius 3 is 2.76 bits per heavy atom. The Hall–Kier alpha value is -2.57. The minimum Gasteiger partial charge on any atom is -0.355 e. The van der Waals surface area contributed by atoms with Gasteiger partial charge in [-0.3, -0.25) is 9.78 Å². The van der Waals surface area contributed by atoms with E-state index in [1.54, 1.807) is 6.20 Å². The zero-order valence-corrected chi connectivity index (χ0v) is 14.2. The first-order valence-corrected chi connectivity index (χ1v) is 8.97. The van der Waals surface area contributed by atoms with E-state index in [1.165, 1.54) is 36.5 Å². The maximum atomic E-state index is 12.2. The van der Waals surface area contributed by atoms with Gasteiger partial charge in [0.25, 0.3) is 5.91 Å². The Labute approximate surface area is 146 Å². The van der Waals surface area contributed by atoms with Gasteiger partial charge in [-0.2, -0.15) is 5.10 Å². The second-order valence-corrected chi connectivity index (χ2v) is 6.71. The molecule has 130 valence electrons. The molecule has 2 aromatic rings. The molecule has 1 saturated heterocycles. The molecule has 2 aromatic heterocycles. The summed E-state index contributed by atoms with van der Waals surface area (Å²) in [5.41, 5.74) is 2.89. The molecule has 0 unspecified atom stereocenters. The van der Waals surface area contributed by atoms with Gasteiger partial charge in [0.15, 0.2) is 5.82 Å². The molecule has 0 spiro atoms. The quantitative estimate of drug-likeness (QED) is 0.914. The highest BCUT2D eigenvalue weighted by molar-refractivity contribution is 5.92. The van der Waals surface area contributed by atoms with E-state index in [-0.39, 0.29) is 11.9 Å². The number of carbonyl (C=O) groups excluding carboxylic acids is 1. The standard InChI is InChI=1S/C18H22N6O/c25-18(16-12-19-7-8-20-16)21-14-5-9-24(10-6-14)17-11-13-3-1-2-4-15(13)22-23-17/h7-8,11-12,14H,1-6,9-10H2,(H,21,25). The molecule has 0 atom stereocenters. The van der Waals surface area contributed by atoms with Gasteiger partial charge >= 0.3 is 0 Å². The minimum absolute atomic E-state index is 0.153. The smallest absolute Gasteiger partial charge is 0.271 e. The first-order valence-electron chi connectivity index (χ1n) is 8.97. The number of nitrogens with one attached hydrogen (secondary N) is 1. The molecular weight excluding hydrogens is 316 g/mol. The van der Waals surface area contributed by atoms with E-state index in [1.807, 2.05) is 0 Å². The molecule has 1 aliphatic carbocycles. The van der Waals surface area contributed by atoms with Crippen molar-refractivity contribution in [3.63, 3.8) is 0 Å². The molecule has 0 radical (unpaired) electrons. The number of nitrogens with zero attached hydrogens (tertiary/aromatic N) is 5. The van der Waals surface area contributed by atoms with E-state index in [2.05, 4.69) is 36.4 Å². The molecule has 1 fully saturated rings. The lowest BCUT2D eigenvalue weighted by atomic mass is 9.96. The lowest BCUT2D eigenvalue weighted by Gasteiger charge is -2.33. The van der Waals surface area contributed by atoms with Crippen LogP contribution in [-0.4, -0.2) is 45.2 Å².